The summed E-state index contributed by atoms with van der Waals surface area (Å²) in [5, 5.41) is 8.81. The molecule has 2 saturated heterocycles. The number of nitrogens with zero attached hydrogens (tertiary/aromatic N) is 3. The summed E-state index contributed by atoms with van der Waals surface area (Å²) in [6.07, 6.45) is 7.59. The average molecular weight is 656 g/mol. The lowest BCUT2D eigenvalue weighted by molar-refractivity contribution is -0.136. The Balaban J connectivity index is 0.899. The van der Waals surface area contributed by atoms with Gasteiger partial charge in [0, 0.05) is 17.6 Å². The molecule has 10 heteroatoms. The fraction of sp³-hybridized carbons (Fsp3) is 0.385. The third-order valence-electron chi connectivity index (χ3n) is 11.1. The van der Waals surface area contributed by atoms with E-state index in [2.05, 4.69) is 81.3 Å². The molecule has 5 aromatic rings. The zero-order valence-electron chi connectivity index (χ0n) is 27.9. The molecule has 2 aliphatic heterocycles. The second-order valence-electron chi connectivity index (χ2n) is 14.7. The number of carbonyl (C=O) groups excluding carboxylic acids is 2. The maximum atomic E-state index is 13.7. The van der Waals surface area contributed by atoms with E-state index < -0.39 is 12.1 Å². The lowest BCUT2D eigenvalue weighted by Gasteiger charge is -2.31. The van der Waals surface area contributed by atoms with E-state index in [1.54, 1.807) is 0 Å². The quantitative estimate of drug-likeness (QED) is 0.146. The van der Waals surface area contributed by atoms with E-state index in [-0.39, 0.29) is 23.9 Å². The van der Waals surface area contributed by atoms with Crippen LogP contribution in [0.5, 0.6) is 0 Å². The molecule has 0 radical (unpaired) electrons. The molecule has 49 heavy (non-hydrogen) atoms. The lowest BCUT2D eigenvalue weighted by atomic mass is 9.98. The Kier molecular flexibility index (Phi) is 7.12. The number of hydrogen-bond acceptors (Lipinski definition) is 6. The predicted octanol–water partition coefficient (Wildman–Crippen LogP) is 6.75. The fourth-order valence-electron chi connectivity index (χ4n) is 8.16. The van der Waals surface area contributed by atoms with Crippen molar-refractivity contribution < 1.29 is 14.3 Å². The molecule has 7 atom stereocenters. The number of hydrogen-bond donors (Lipinski definition) is 4. The Bertz CT molecular complexity index is 2060. The van der Waals surface area contributed by atoms with Gasteiger partial charge in [0.15, 0.2) is 0 Å². The number of amides is 2. The van der Waals surface area contributed by atoms with Crippen molar-refractivity contribution in [3.8, 4) is 33.6 Å². The monoisotopic (exact) mass is 655 g/mol. The second kappa shape index (κ2) is 11.6. The summed E-state index contributed by atoms with van der Waals surface area (Å²) in [6.45, 7) is 3.87. The minimum Gasteiger partial charge on any atom is -0.453 e. The summed E-state index contributed by atoms with van der Waals surface area (Å²) in [7, 11) is 1.31. The molecule has 4 fully saturated rings. The maximum Gasteiger partial charge on any atom is 0.407 e. The fourth-order valence-corrected chi connectivity index (χ4v) is 8.16. The molecule has 2 amide bonds. The number of carbonyl (C=O) groups is 2. The molecule has 0 spiro atoms. The normalized spacial score (nSPS) is 25.7. The summed E-state index contributed by atoms with van der Waals surface area (Å²) in [4.78, 5) is 44.2. The van der Waals surface area contributed by atoms with E-state index >= 15 is 0 Å². The van der Waals surface area contributed by atoms with Crippen LogP contribution in [0.1, 0.15) is 63.3 Å². The van der Waals surface area contributed by atoms with Crippen LogP contribution in [-0.2, 0) is 9.53 Å². The van der Waals surface area contributed by atoms with Gasteiger partial charge in [-0.3, -0.25) is 4.79 Å². The molecule has 0 bridgehead atoms. The first-order valence-corrected chi connectivity index (χ1v) is 17.5. The number of nitrogens with one attached hydrogen (secondary N) is 4. The van der Waals surface area contributed by atoms with Crippen molar-refractivity contribution in [3.05, 3.63) is 84.7 Å². The number of H-pyrrole nitrogens is 2. The summed E-state index contributed by atoms with van der Waals surface area (Å²) in [5.41, 5.74) is 6.44. The number of piperidine rings is 2. The first-order chi connectivity index (χ1) is 23.8. The molecule has 10 nitrogen and oxygen atoms in total. The Morgan fingerprint density at radius 3 is 2.16 bits per heavy atom. The van der Waals surface area contributed by atoms with Gasteiger partial charge in [0.05, 0.1) is 43.0 Å². The topological polar surface area (TPSA) is 128 Å². The van der Waals surface area contributed by atoms with Gasteiger partial charge in [-0.15, -0.1) is 0 Å². The van der Waals surface area contributed by atoms with Crippen LogP contribution in [0.2, 0.25) is 0 Å². The molecule has 2 aromatic heterocycles. The molecule has 9 rings (SSSR count). The summed E-state index contributed by atoms with van der Waals surface area (Å²) in [5.74, 6) is 2.99. The molecule has 3 unspecified atom stereocenters. The second-order valence-corrected chi connectivity index (χ2v) is 14.7. The van der Waals surface area contributed by atoms with E-state index in [1.165, 1.54) is 30.7 Å². The van der Waals surface area contributed by atoms with Gasteiger partial charge in [0.1, 0.15) is 17.7 Å². The van der Waals surface area contributed by atoms with E-state index in [1.807, 2.05) is 31.1 Å². The van der Waals surface area contributed by atoms with Gasteiger partial charge in [-0.2, -0.15) is 0 Å². The highest BCUT2D eigenvalue weighted by Crippen LogP contribution is 2.53. The molecule has 4 heterocycles. The Labute approximate surface area is 285 Å². The summed E-state index contributed by atoms with van der Waals surface area (Å²) in [6, 6.07) is 22.2. The van der Waals surface area contributed by atoms with E-state index in [4.69, 9.17) is 14.7 Å². The average Bonchev–Trinajstić information content (AvgIpc) is 3.68. The Hall–Kier alpha value is -4.96. The number of rotatable bonds is 8. The van der Waals surface area contributed by atoms with Crippen LogP contribution >= 0.6 is 0 Å². The van der Waals surface area contributed by atoms with Crippen molar-refractivity contribution in [2.75, 3.05) is 7.11 Å². The van der Waals surface area contributed by atoms with Gasteiger partial charge in [-0.05, 0) is 83.0 Å². The van der Waals surface area contributed by atoms with Gasteiger partial charge < -0.3 is 30.2 Å². The van der Waals surface area contributed by atoms with Crippen LogP contribution in [0, 0.1) is 17.8 Å². The highest BCUT2D eigenvalue weighted by molar-refractivity contribution is 5.91. The van der Waals surface area contributed by atoms with Gasteiger partial charge in [-0.1, -0.05) is 62.4 Å². The molecular weight excluding hydrogens is 614 g/mol. The van der Waals surface area contributed by atoms with Crippen molar-refractivity contribution in [2.45, 2.75) is 69.7 Å². The minimum atomic E-state index is -0.651. The predicted molar refractivity (Wildman–Crippen MR) is 187 cm³/mol. The van der Waals surface area contributed by atoms with Crippen LogP contribution < -0.4 is 10.6 Å². The number of alkyl carbamates (subject to hydrolysis) is 1. The number of aromatic amines is 2. The van der Waals surface area contributed by atoms with Crippen LogP contribution in [0.25, 0.3) is 44.4 Å². The third kappa shape index (κ3) is 5.48. The number of imidazole rings is 2. The summed E-state index contributed by atoms with van der Waals surface area (Å²) >= 11 is 0. The standard InChI is InChI=1S/C39H41N7O3/c1-20(2)35(45-39(48)49-3)38(47)46-33-16-28(33)17-34(46)37-41-18-31(44-37)22-6-4-21(5-7-22)23-8-9-25-13-26(11-10-24(25)12-23)32-19-40-36(43-32)30-15-27-14-29(27)42-30/h4-13,18-20,27-30,33-35,42H,14-17H2,1-3H3,(H,40,43)(H,41,44)(H,45,48)/t27-,28?,29-,30+,33?,34+,35?/m1/s1. The van der Waals surface area contributed by atoms with Crippen LogP contribution in [-0.4, -0.2) is 62.1 Å². The largest absolute Gasteiger partial charge is 0.453 e. The van der Waals surface area contributed by atoms with Crippen LogP contribution in [0.3, 0.4) is 0 Å². The van der Waals surface area contributed by atoms with E-state index in [0.29, 0.717) is 18.0 Å². The first kappa shape index (κ1) is 30.1. The number of methoxy groups -OCH3 is 1. The van der Waals surface area contributed by atoms with Crippen molar-refractivity contribution in [2.24, 2.45) is 17.8 Å². The van der Waals surface area contributed by atoms with E-state index in [0.717, 1.165) is 64.1 Å². The third-order valence-corrected chi connectivity index (χ3v) is 11.1. The van der Waals surface area contributed by atoms with Crippen LogP contribution in [0.4, 0.5) is 4.79 Å². The number of aromatic nitrogens is 4. The van der Waals surface area contributed by atoms with Crippen molar-refractivity contribution in [1.82, 2.24) is 35.5 Å². The highest BCUT2D eigenvalue weighted by atomic mass is 16.5. The first-order valence-electron chi connectivity index (χ1n) is 17.5. The molecule has 250 valence electrons. The number of likely N-dealkylation sites (tertiary alicyclic amines) is 1. The molecule has 4 N–H and O–H groups in total. The number of ether oxygens (including phenoxy) is 1. The Morgan fingerprint density at radius 1 is 0.796 bits per heavy atom. The molecular formula is C39H41N7O3. The van der Waals surface area contributed by atoms with Crippen molar-refractivity contribution in [3.63, 3.8) is 0 Å². The van der Waals surface area contributed by atoms with Crippen molar-refractivity contribution in [1.29, 1.82) is 0 Å². The van der Waals surface area contributed by atoms with Crippen molar-refractivity contribution >= 4 is 22.8 Å². The minimum absolute atomic E-state index is 0.0735. The Morgan fingerprint density at radius 2 is 1.45 bits per heavy atom. The molecule has 2 saturated carbocycles. The van der Waals surface area contributed by atoms with Gasteiger partial charge >= 0.3 is 6.09 Å². The van der Waals surface area contributed by atoms with Crippen LogP contribution in [0.15, 0.2) is 73.1 Å². The zero-order chi connectivity index (χ0) is 33.4. The lowest BCUT2D eigenvalue weighted by Crippen LogP contribution is -2.52. The van der Waals surface area contributed by atoms with Gasteiger partial charge in [-0.25, -0.2) is 14.8 Å². The number of fused-ring (bicyclic) bond motifs is 3. The smallest absolute Gasteiger partial charge is 0.407 e. The molecule has 2 aliphatic carbocycles. The highest BCUT2D eigenvalue weighted by Gasteiger charge is 2.56. The molecule has 3 aromatic carbocycles. The summed E-state index contributed by atoms with van der Waals surface area (Å²) < 4.78 is 4.79. The van der Waals surface area contributed by atoms with Gasteiger partial charge in [0.25, 0.3) is 0 Å². The zero-order valence-corrected chi connectivity index (χ0v) is 27.9. The van der Waals surface area contributed by atoms with E-state index in [9.17, 15) is 9.59 Å². The SMILES string of the molecule is COC(=O)NC(C(=O)N1C2CC2C[C@H]1c1ncc(-c2ccc(-c3ccc4cc(-c5cnc([C@@H]6C[C@H]7C[C@H]7N6)[nH]5)ccc4c3)cc2)[nH]1)C(C)C. The number of benzene rings is 3. The van der Waals surface area contributed by atoms with Gasteiger partial charge in [0.2, 0.25) is 5.91 Å². The molecule has 4 aliphatic rings. The maximum absolute atomic E-state index is 13.7.